The standard InChI is InChI=1S/C46H60Cl3F3N8O19P2/c47-31-19-30(20-32(48)21-31)25-58(43-35-24-53-60(44(35)55-46(49)54-43)45-41(63)40(62)38(78-45)28-77-81(67,68)29-80(64,65)66)2-5-70-8-11-73-15-16-75-17-18-76-27-34-26-59(57-56-34)3-6-71-9-12-74-14-13-72-10-7-69-4-1-39(61)79-42-36(51)22-33(50)23-37(42)52/h19-24,26,38,40-41,45,62-63H,1-18,25,27-29H2,(H,67,68)(H2,64,65,66)/t38-,40-,41-,45-/m1/s1. The number of hydrogen-bond acceptors (Lipinski definition) is 22. The number of benzene rings is 2. The molecule has 0 saturated carbocycles. The van der Waals surface area contributed by atoms with Crippen molar-refractivity contribution in [2.75, 3.05) is 123 Å². The highest BCUT2D eigenvalue weighted by molar-refractivity contribution is 7.70. The van der Waals surface area contributed by atoms with E-state index in [9.17, 15) is 42.2 Å². The van der Waals surface area contributed by atoms with Crippen molar-refractivity contribution in [1.82, 2.24) is 34.7 Å². The smallest absolute Gasteiger partial charge is 0.340 e. The quantitative estimate of drug-likeness (QED) is 0.0122. The van der Waals surface area contributed by atoms with Crippen LogP contribution in [0.5, 0.6) is 5.75 Å². The summed E-state index contributed by atoms with van der Waals surface area (Å²) in [5, 5.41) is 35.1. The van der Waals surface area contributed by atoms with E-state index < -0.39 is 81.4 Å². The first-order valence-corrected chi connectivity index (χ1v) is 29.4. The van der Waals surface area contributed by atoms with E-state index in [0.717, 1.165) is 4.68 Å². The highest BCUT2D eigenvalue weighted by Crippen LogP contribution is 2.55. The fourth-order valence-electron chi connectivity index (χ4n) is 7.42. The Morgan fingerprint density at radius 2 is 1.30 bits per heavy atom. The summed E-state index contributed by atoms with van der Waals surface area (Å²) in [6.45, 7) is 4.26. The van der Waals surface area contributed by atoms with Gasteiger partial charge in [0, 0.05) is 35.3 Å². The number of hydrogen-bond donors (Lipinski definition) is 5. The Morgan fingerprint density at radius 3 is 1.90 bits per heavy atom. The van der Waals surface area contributed by atoms with Crippen LogP contribution in [-0.2, 0) is 80.8 Å². The van der Waals surface area contributed by atoms with Crippen molar-refractivity contribution >= 4 is 72.8 Å². The SMILES string of the molecule is O=C(CCOCCOCCOCCOCCn1cc(COCCOCCOCCOCCN(Cc2cc(Cl)cc(Cl)c2)c2nc(Cl)nc3c2cnn3[C@@H]2O[C@H](COP(=O)(O)CP(=O)(O)O)[C@@H](O)[C@H]2O)nn1)Oc1c(F)cc(F)cc1F. The van der Waals surface area contributed by atoms with Gasteiger partial charge in [0.1, 0.15) is 35.6 Å². The lowest BCUT2D eigenvalue weighted by Gasteiger charge is -2.25. The van der Waals surface area contributed by atoms with Gasteiger partial charge in [-0.2, -0.15) is 15.1 Å². The lowest BCUT2D eigenvalue weighted by molar-refractivity contribution is -0.136. The van der Waals surface area contributed by atoms with Crippen molar-refractivity contribution in [2.45, 2.75) is 50.7 Å². The van der Waals surface area contributed by atoms with E-state index in [2.05, 4.69) is 30.1 Å². The molecule has 4 heterocycles. The van der Waals surface area contributed by atoms with E-state index in [1.165, 1.54) is 6.20 Å². The molecule has 0 spiro atoms. The molecule has 0 aliphatic carbocycles. The molecule has 450 valence electrons. The maximum absolute atomic E-state index is 13.6. The average molecular weight is 1250 g/mol. The summed E-state index contributed by atoms with van der Waals surface area (Å²) in [5.74, 6) is -6.84. The average Bonchev–Trinajstić information content (AvgIpc) is 3.71. The lowest BCUT2D eigenvalue weighted by Crippen LogP contribution is -2.33. The van der Waals surface area contributed by atoms with Gasteiger partial charge in [-0.3, -0.25) is 13.9 Å². The molecular weight excluding hydrogens is 1190 g/mol. The molecule has 1 aliphatic rings. The molecule has 6 rings (SSSR count). The van der Waals surface area contributed by atoms with E-state index >= 15 is 0 Å². The molecule has 3 aromatic heterocycles. The van der Waals surface area contributed by atoms with E-state index in [4.69, 9.17) is 91.7 Å². The van der Waals surface area contributed by atoms with Gasteiger partial charge in [-0.15, -0.1) is 5.10 Å². The summed E-state index contributed by atoms with van der Waals surface area (Å²) in [5.41, 5.74) is 1.43. The highest BCUT2D eigenvalue weighted by atomic mass is 35.5. The number of nitrogens with zero attached hydrogens (tertiary/aromatic N) is 8. The first kappa shape index (κ1) is 66.1. The molecule has 5 N–H and O–H groups in total. The molecule has 1 saturated heterocycles. The van der Waals surface area contributed by atoms with Crippen LogP contribution in [0.4, 0.5) is 19.0 Å². The maximum Gasteiger partial charge on any atom is 0.340 e. The Kier molecular flexibility index (Phi) is 27.3. The van der Waals surface area contributed by atoms with E-state index in [1.807, 2.05) is 4.90 Å². The first-order valence-electron chi connectivity index (χ1n) is 24.7. The van der Waals surface area contributed by atoms with Crippen LogP contribution in [0, 0.1) is 17.5 Å². The van der Waals surface area contributed by atoms with Crippen molar-refractivity contribution in [3.05, 3.63) is 86.8 Å². The molecule has 0 bridgehead atoms. The van der Waals surface area contributed by atoms with Gasteiger partial charge in [-0.05, 0) is 35.4 Å². The normalized spacial score (nSPS) is 17.3. The van der Waals surface area contributed by atoms with E-state index in [1.54, 1.807) is 29.1 Å². The topological polar surface area (TPSA) is 331 Å². The van der Waals surface area contributed by atoms with Crippen LogP contribution in [-0.4, -0.2) is 202 Å². The number of esters is 1. The van der Waals surface area contributed by atoms with Crippen molar-refractivity contribution in [2.24, 2.45) is 0 Å². The third-order valence-corrected chi connectivity index (χ3v) is 15.1. The zero-order valence-electron chi connectivity index (χ0n) is 43.1. The van der Waals surface area contributed by atoms with Gasteiger partial charge in [0.25, 0.3) is 0 Å². The fraction of sp³-hybridized carbons (Fsp3) is 0.565. The third-order valence-electron chi connectivity index (χ3n) is 11.1. The molecule has 1 unspecified atom stereocenters. The summed E-state index contributed by atoms with van der Waals surface area (Å²) in [6, 6.07) is 5.85. The highest BCUT2D eigenvalue weighted by Gasteiger charge is 2.46. The molecule has 1 fully saturated rings. The molecule has 0 amide bonds. The molecule has 2 aromatic carbocycles. The summed E-state index contributed by atoms with van der Waals surface area (Å²) < 4.78 is 126. The Morgan fingerprint density at radius 1 is 0.728 bits per heavy atom. The molecule has 81 heavy (non-hydrogen) atoms. The first-order chi connectivity index (χ1) is 38.7. The van der Waals surface area contributed by atoms with Crippen molar-refractivity contribution in [1.29, 1.82) is 0 Å². The second-order valence-corrected chi connectivity index (χ2v) is 22.6. The van der Waals surface area contributed by atoms with Crippen molar-refractivity contribution in [3.8, 4) is 5.75 Å². The molecule has 5 aromatic rings. The van der Waals surface area contributed by atoms with Gasteiger partial charge in [0.15, 0.2) is 29.4 Å². The third kappa shape index (κ3) is 22.8. The number of carbonyl (C=O) groups excluding carboxylic acids is 1. The lowest BCUT2D eigenvalue weighted by atomic mass is 10.1. The Hall–Kier alpha value is -4.08. The molecule has 5 atom stereocenters. The summed E-state index contributed by atoms with van der Waals surface area (Å²) in [6.07, 6.45) is -3.29. The fourth-order valence-corrected chi connectivity index (χ4v) is 10.7. The molecule has 1 aliphatic heterocycles. The predicted octanol–water partition coefficient (Wildman–Crippen LogP) is 4.09. The number of rotatable bonds is 39. The van der Waals surface area contributed by atoms with Crippen LogP contribution in [0.15, 0.2) is 42.7 Å². The summed E-state index contributed by atoms with van der Waals surface area (Å²) in [4.78, 5) is 50.5. The zero-order valence-corrected chi connectivity index (χ0v) is 47.2. The molecule has 0 radical (unpaired) electrons. The van der Waals surface area contributed by atoms with Crippen LogP contribution in [0.1, 0.15) is 23.9 Å². The largest absolute Gasteiger partial charge is 0.420 e. The van der Waals surface area contributed by atoms with Gasteiger partial charge in [0.05, 0.1) is 143 Å². The van der Waals surface area contributed by atoms with E-state index in [0.29, 0.717) is 111 Å². The number of fused-ring (bicyclic) bond motifs is 1. The van der Waals surface area contributed by atoms with E-state index in [-0.39, 0.29) is 76.7 Å². The van der Waals surface area contributed by atoms with Crippen LogP contribution < -0.4 is 9.64 Å². The van der Waals surface area contributed by atoms with Crippen LogP contribution >= 0.6 is 50.0 Å². The van der Waals surface area contributed by atoms with Crippen LogP contribution in [0.25, 0.3) is 11.0 Å². The van der Waals surface area contributed by atoms with Gasteiger partial charge in [0.2, 0.25) is 11.0 Å². The van der Waals surface area contributed by atoms with Crippen molar-refractivity contribution in [3.63, 3.8) is 0 Å². The zero-order chi connectivity index (χ0) is 58.4. The number of aliphatic hydroxyl groups excluding tert-OH is 2. The van der Waals surface area contributed by atoms with Crippen LogP contribution in [0.2, 0.25) is 15.3 Å². The predicted molar refractivity (Wildman–Crippen MR) is 278 cm³/mol. The molecular formula is C46H60Cl3F3N8O19P2. The number of aromatic nitrogens is 7. The van der Waals surface area contributed by atoms with Crippen LogP contribution in [0.3, 0.4) is 0 Å². The van der Waals surface area contributed by atoms with Gasteiger partial charge in [-0.1, -0.05) is 28.4 Å². The number of carbonyl (C=O) groups is 1. The molecule has 27 nitrogen and oxygen atoms in total. The Balaban J connectivity index is 0.794. The maximum atomic E-state index is 13.6. The minimum atomic E-state index is -4.93. The monoisotopic (exact) mass is 1250 g/mol. The number of anilines is 1. The minimum Gasteiger partial charge on any atom is -0.420 e. The second-order valence-electron chi connectivity index (χ2n) is 17.4. The number of aliphatic hydroxyl groups is 2. The summed E-state index contributed by atoms with van der Waals surface area (Å²) in [7, 11) is -9.73. The summed E-state index contributed by atoms with van der Waals surface area (Å²) >= 11 is 19.1. The number of ether oxygens (including phenoxy) is 10. The molecule has 35 heteroatoms. The Bertz CT molecular complexity index is 2830. The van der Waals surface area contributed by atoms with Gasteiger partial charge >= 0.3 is 21.2 Å². The number of halogens is 6. The van der Waals surface area contributed by atoms with Gasteiger partial charge < -0.3 is 81.7 Å². The van der Waals surface area contributed by atoms with Gasteiger partial charge in [-0.25, -0.2) is 22.5 Å². The minimum absolute atomic E-state index is 0.0706. The van der Waals surface area contributed by atoms with Crippen molar-refractivity contribution < 1.29 is 104 Å². The Labute approximate surface area is 475 Å². The second kappa shape index (κ2) is 33.4.